The molecule has 0 bridgehead atoms. The molecule has 3 rings (SSSR count). The van der Waals surface area contributed by atoms with Crippen molar-refractivity contribution in [2.24, 2.45) is 0 Å². The average molecular weight is 275 g/mol. The number of aromatic carboxylic acids is 1. The maximum Gasteiger partial charge on any atom is 0.337 e. The van der Waals surface area contributed by atoms with Crippen LogP contribution in [0.4, 0.5) is 5.82 Å². The van der Waals surface area contributed by atoms with Gasteiger partial charge >= 0.3 is 5.97 Å². The zero-order chi connectivity index (χ0) is 13.9. The number of nitrogens with zero attached hydrogens (tertiary/aromatic N) is 3. The third kappa shape index (κ3) is 2.77. The maximum atomic E-state index is 10.8. The van der Waals surface area contributed by atoms with Crippen molar-refractivity contribution in [3.63, 3.8) is 0 Å². The molecule has 0 spiro atoms. The van der Waals surface area contributed by atoms with Crippen molar-refractivity contribution >= 4 is 11.8 Å². The summed E-state index contributed by atoms with van der Waals surface area (Å²) in [6.07, 6.45) is 6.64. The molecule has 108 valence electrons. The minimum Gasteiger partial charge on any atom is -0.478 e. The van der Waals surface area contributed by atoms with Gasteiger partial charge in [0.05, 0.1) is 5.56 Å². The van der Waals surface area contributed by atoms with Crippen LogP contribution in [0.3, 0.4) is 0 Å². The maximum absolute atomic E-state index is 10.8. The lowest BCUT2D eigenvalue weighted by atomic mass is 10.1. The van der Waals surface area contributed by atoms with Crippen molar-refractivity contribution in [2.75, 3.05) is 31.1 Å². The average Bonchev–Trinajstić information content (AvgIpc) is 2.98. The summed E-state index contributed by atoms with van der Waals surface area (Å²) in [7, 11) is 0. The molecule has 0 saturated carbocycles. The first-order valence-corrected chi connectivity index (χ1v) is 7.42. The zero-order valence-corrected chi connectivity index (χ0v) is 11.7. The summed E-state index contributed by atoms with van der Waals surface area (Å²) in [5.74, 6) is -0.0221. The summed E-state index contributed by atoms with van der Waals surface area (Å²) in [4.78, 5) is 20.0. The second-order valence-electron chi connectivity index (χ2n) is 5.70. The molecule has 1 atom stereocenters. The third-order valence-electron chi connectivity index (χ3n) is 4.39. The Labute approximate surface area is 119 Å². The Morgan fingerprint density at radius 2 is 2.00 bits per heavy atom. The Kier molecular flexibility index (Phi) is 3.87. The number of likely N-dealkylation sites (tertiary alicyclic amines) is 1. The van der Waals surface area contributed by atoms with Gasteiger partial charge in [-0.2, -0.15) is 0 Å². The second-order valence-corrected chi connectivity index (χ2v) is 5.70. The van der Waals surface area contributed by atoms with Gasteiger partial charge in [0.15, 0.2) is 0 Å². The summed E-state index contributed by atoms with van der Waals surface area (Å²) in [6.45, 7) is 4.48. The van der Waals surface area contributed by atoms with Crippen LogP contribution in [0.2, 0.25) is 0 Å². The van der Waals surface area contributed by atoms with Gasteiger partial charge in [-0.3, -0.25) is 4.90 Å². The number of hydrogen-bond acceptors (Lipinski definition) is 4. The molecule has 1 unspecified atom stereocenters. The molecule has 0 aliphatic carbocycles. The normalized spacial score (nSPS) is 24.0. The van der Waals surface area contributed by atoms with Gasteiger partial charge in [-0.1, -0.05) is 6.42 Å². The Hall–Kier alpha value is -1.62. The van der Waals surface area contributed by atoms with Gasteiger partial charge in [-0.05, 0) is 44.5 Å². The van der Waals surface area contributed by atoms with Crippen molar-refractivity contribution < 1.29 is 9.90 Å². The van der Waals surface area contributed by atoms with Crippen LogP contribution in [0.5, 0.6) is 0 Å². The molecular weight excluding hydrogens is 254 g/mol. The Morgan fingerprint density at radius 3 is 2.65 bits per heavy atom. The number of piperidine rings is 1. The topological polar surface area (TPSA) is 56.7 Å². The van der Waals surface area contributed by atoms with E-state index in [4.69, 9.17) is 5.11 Å². The van der Waals surface area contributed by atoms with Gasteiger partial charge in [0.2, 0.25) is 0 Å². The SMILES string of the molecule is O=C(O)c1ccc(N2CCC(N3CCCCC3)C2)nc1. The highest BCUT2D eigenvalue weighted by molar-refractivity contribution is 5.87. The molecule has 5 nitrogen and oxygen atoms in total. The molecule has 0 amide bonds. The van der Waals surface area contributed by atoms with E-state index in [1.165, 1.54) is 45.0 Å². The van der Waals surface area contributed by atoms with Crippen molar-refractivity contribution in [2.45, 2.75) is 31.7 Å². The minimum absolute atomic E-state index is 0.250. The molecule has 0 aromatic carbocycles. The van der Waals surface area contributed by atoms with Crippen molar-refractivity contribution in [1.29, 1.82) is 0 Å². The van der Waals surface area contributed by atoms with E-state index in [2.05, 4.69) is 14.8 Å². The molecule has 1 N–H and O–H groups in total. The van der Waals surface area contributed by atoms with E-state index in [1.807, 2.05) is 6.07 Å². The van der Waals surface area contributed by atoms with E-state index in [9.17, 15) is 4.79 Å². The standard InChI is InChI=1S/C15H21N3O2/c19-15(20)12-4-5-14(16-10-12)18-9-6-13(11-18)17-7-2-1-3-8-17/h4-5,10,13H,1-3,6-9,11H2,(H,19,20). The van der Waals surface area contributed by atoms with Gasteiger partial charge in [0.1, 0.15) is 5.82 Å². The Morgan fingerprint density at radius 1 is 1.20 bits per heavy atom. The first-order chi connectivity index (χ1) is 9.74. The van der Waals surface area contributed by atoms with Gasteiger partial charge < -0.3 is 10.0 Å². The van der Waals surface area contributed by atoms with E-state index in [-0.39, 0.29) is 5.56 Å². The summed E-state index contributed by atoms with van der Waals surface area (Å²) >= 11 is 0. The summed E-state index contributed by atoms with van der Waals surface area (Å²) < 4.78 is 0. The lowest BCUT2D eigenvalue weighted by Gasteiger charge is -2.32. The quantitative estimate of drug-likeness (QED) is 0.912. The molecule has 0 radical (unpaired) electrons. The summed E-state index contributed by atoms with van der Waals surface area (Å²) in [6, 6.07) is 4.09. The predicted octanol–water partition coefficient (Wildman–Crippen LogP) is 1.84. The van der Waals surface area contributed by atoms with Gasteiger partial charge in [0.25, 0.3) is 0 Å². The number of rotatable bonds is 3. The van der Waals surface area contributed by atoms with Crippen LogP contribution in [0.15, 0.2) is 18.3 Å². The highest BCUT2D eigenvalue weighted by Gasteiger charge is 2.29. The first-order valence-electron chi connectivity index (χ1n) is 7.42. The smallest absolute Gasteiger partial charge is 0.337 e. The second kappa shape index (κ2) is 5.79. The zero-order valence-electron chi connectivity index (χ0n) is 11.7. The van der Waals surface area contributed by atoms with Crippen LogP contribution in [-0.4, -0.2) is 53.2 Å². The third-order valence-corrected chi connectivity index (χ3v) is 4.39. The number of carboxylic acids is 1. The van der Waals surface area contributed by atoms with Gasteiger partial charge in [-0.15, -0.1) is 0 Å². The largest absolute Gasteiger partial charge is 0.478 e. The monoisotopic (exact) mass is 275 g/mol. The lowest BCUT2D eigenvalue weighted by Crippen LogP contribution is -2.40. The molecule has 2 saturated heterocycles. The van der Waals surface area contributed by atoms with E-state index in [1.54, 1.807) is 6.07 Å². The van der Waals surface area contributed by atoms with Gasteiger partial charge in [-0.25, -0.2) is 9.78 Å². The van der Waals surface area contributed by atoms with E-state index < -0.39 is 5.97 Å². The van der Waals surface area contributed by atoms with E-state index in [0.717, 1.165) is 18.9 Å². The molecule has 2 aliphatic heterocycles. The molecule has 1 aromatic heterocycles. The van der Waals surface area contributed by atoms with Crippen LogP contribution >= 0.6 is 0 Å². The van der Waals surface area contributed by atoms with Crippen molar-refractivity contribution in [1.82, 2.24) is 9.88 Å². The Bertz CT molecular complexity index is 469. The highest BCUT2D eigenvalue weighted by atomic mass is 16.4. The summed E-state index contributed by atoms with van der Waals surface area (Å²) in [5.41, 5.74) is 0.250. The van der Waals surface area contributed by atoms with Crippen LogP contribution < -0.4 is 4.90 Å². The van der Waals surface area contributed by atoms with Crippen molar-refractivity contribution in [3.8, 4) is 0 Å². The minimum atomic E-state index is -0.920. The molecule has 20 heavy (non-hydrogen) atoms. The fraction of sp³-hybridized carbons (Fsp3) is 0.600. The fourth-order valence-electron chi connectivity index (χ4n) is 3.23. The van der Waals surface area contributed by atoms with Crippen molar-refractivity contribution in [3.05, 3.63) is 23.9 Å². The molecule has 1 aromatic rings. The number of hydrogen-bond donors (Lipinski definition) is 1. The van der Waals surface area contributed by atoms with Crippen LogP contribution in [0.25, 0.3) is 0 Å². The molecule has 3 heterocycles. The van der Waals surface area contributed by atoms with Crippen LogP contribution in [-0.2, 0) is 0 Å². The summed E-state index contributed by atoms with van der Waals surface area (Å²) in [5, 5.41) is 8.89. The number of aromatic nitrogens is 1. The fourth-order valence-corrected chi connectivity index (χ4v) is 3.23. The number of pyridine rings is 1. The van der Waals surface area contributed by atoms with E-state index in [0.29, 0.717) is 6.04 Å². The molecule has 5 heteroatoms. The Balaban J connectivity index is 1.62. The lowest BCUT2D eigenvalue weighted by molar-refractivity contribution is 0.0696. The highest BCUT2D eigenvalue weighted by Crippen LogP contribution is 2.23. The first kappa shape index (κ1) is 13.4. The van der Waals surface area contributed by atoms with Crippen LogP contribution in [0, 0.1) is 0 Å². The predicted molar refractivity (Wildman–Crippen MR) is 77.2 cm³/mol. The van der Waals surface area contributed by atoms with Gasteiger partial charge in [0, 0.05) is 25.3 Å². The molecule has 2 fully saturated rings. The molecule has 2 aliphatic rings. The number of anilines is 1. The van der Waals surface area contributed by atoms with E-state index >= 15 is 0 Å². The number of carbonyl (C=O) groups is 1. The molecular formula is C15H21N3O2. The number of carboxylic acid groups (broad SMARTS) is 1. The van der Waals surface area contributed by atoms with Crippen LogP contribution in [0.1, 0.15) is 36.0 Å².